The molecule has 2 aromatic heterocycles. The molecule has 1 saturated heterocycles. The normalized spacial score (nSPS) is 15.2. The first-order chi connectivity index (χ1) is 20.0. The summed E-state index contributed by atoms with van der Waals surface area (Å²) in [4.78, 5) is 28.4. The van der Waals surface area contributed by atoms with E-state index in [1.54, 1.807) is 23.9 Å². The average molecular weight is 560 g/mol. The molecule has 2 aromatic carbocycles. The second-order valence-electron chi connectivity index (χ2n) is 10.7. The van der Waals surface area contributed by atoms with E-state index in [1.165, 1.54) is 17.7 Å². The summed E-state index contributed by atoms with van der Waals surface area (Å²) in [6.07, 6.45) is 4.81. The third-order valence-corrected chi connectivity index (χ3v) is 7.79. The summed E-state index contributed by atoms with van der Waals surface area (Å²) >= 11 is 0. The van der Waals surface area contributed by atoms with E-state index in [-0.39, 0.29) is 17.8 Å². The molecular formula is C31H38FN7O2. The summed E-state index contributed by atoms with van der Waals surface area (Å²) < 4.78 is 13.3. The van der Waals surface area contributed by atoms with Crippen LogP contribution >= 0.6 is 0 Å². The first-order valence-electron chi connectivity index (χ1n) is 14.3. The van der Waals surface area contributed by atoms with E-state index in [2.05, 4.69) is 60.4 Å². The fourth-order valence-corrected chi connectivity index (χ4v) is 5.32. The maximum absolute atomic E-state index is 13.3. The summed E-state index contributed by atoms with van der Waals surface area (Å²) in [7, 11) is 0. The van der Waals surface area contributed by atoms with Crippen LogP contribution in [0.5, 0.6) is 0 Å². The Hall–Kier alpha value is -3.86. The van der Waals surface area contributed by atoms with Gasteiger partial charge in [-0.2, -0.15) is 0 Å². The molecule has 1 aliphatic rings. The summed E-state index contributed by atoms with van der Waals surface area (Å²) in [5.74, 6) is 0.180. The molecule has 4 aromatic rings. The molecule has 41 heavy (non-hydrogen) atoms. The molecule has 0 spiro atoms. The number of halogens is 1. The lowest BCUT2D eigenvalue weighted by molar-refractivity contribution is -0.129. The van der Waals surface area contributed by atoms with Crippen LogP contribution in [0, 0.1) is 5.82 Å². The number of H-pyrrole nitrogens is 1. The number of rotatable bonds is 12. The monoisotopic (exact) mass is 559 g/mol. The predicted octanol–water partition coefficient (Wildman–Crippen LogP) is 5.12. The topological polar surface area (TPSA) is 109 Å². The van der Waals surface area contributed by atoms with E-state index in [4.69, 9.17) is 5.21 Å². The van der Waals surface area contributed by atoms with Crippen LogP contribution in [0.25, 0.3) is 22.3 Å². The second-order valence-corrected chi connectivity index (χ2v) is 10.7. The molecule has 10 heteroatoms. The Balaban J connectivity index is 1.13. The number of piperazine rings is 1. The Morgan fingerprint density at radius 2 is 1.73 bits per heavy atom. The maximum atomic E-state index is 13.3. The van der Waals surface area contributed by atoms with Gasteiger partial charge < -0.3 is 15.2 Å². The molecule has 1 aliphatic heterocycles. The van der Waals surface area contributed by atoms with Crippen molar-refractivity contribution >= 4 is 22.8 Å². The van der Waals surface area contributed by atoms with Crippen molar-refractivity contribution in [3.05, 3.63) is 77.9 Å². The highest BCUT2D eigenvalue weighted by Crippen LogP contribution is 2.29. The van der Waals surface area contributed by atoms with Crippen LogP contribution in [-0.4, -0.2) is 68.6 Å². The van der Waals surface area contributed by atoms with Crippen LogP contribution < -0.4 is 10.8 Å². The van der Waals surface area contributed by atoms with Gasteiger partial charge in [0.05, 0.1) is 5.39 Å². The first kappa shape index (κ1) is 28.7. The minimum atomic E-state index is -0.307. The van der Waals surface area contributed by atoms with E-state index < -0.39 is 0 Å². The van der Waals surface area contributed by atoms with Crippen molar-refractivity contribution in [2.24, 2.45) is 0 Å². The highest BCUT2D eigenvalue weighted by atomic mass is 19.1. The molecule has 9 nitrogen and oxygen atoms in total. The van der Waals surface area contributed by atoms with Crippen molar-refractivity contribution in [1.29, 1.82) is 0 Å². The van der Waals surface area contributed by atoms with Crippen molar-refractivity contribution in [3.8, 4) is 11.3 Å². The number of amides is 1. The largest absolute Gasteiger partial charge is 0.363 e. The molecule has 5 rings (SSSR count). The molecule has 0 bridgehead atoms. The highest BCUT2D eigenvalue weighted by molar-refractivity contribution is 5.91. The van der Waals surface area contributed by atoms with Crippen molar-refractivity contribution in [2.45, 2.75) is 45.2 Å². The number of nitrogens with zero attached hydrogens (tertiary/aromatic N) is 4. The van der Waals surface area contributed by atoms with Crippen LogP contribution in [0.2, 0.25) is 0 Å². The molecular weight excluding hydrogens is 521 g/mol. The van der Waals surface area contributed by atoms with Crippen molar-refractivity contribution in [1.82, 2.24) is 30.2 Å². The number of unbranched alkanes of at least 4 members (excludes halogenated alkanes) is 2. The fourth-order valence-electron chi connectivity index (χ4n) is 5.32. The zero-order valence-corrected chi connectivity index (χ0v) is 23.4. The van der Waals surface area contributed by atoms with Gasteiger partial charge in [-0.15, -0.1) is 0 Å². The standard InChI is InChI=1S/C31H38FN7O2/c1-22(24-10-12-26(32)13-11-24)35-30-27-19-28(36-31(27)34-21-33-30)25-8-6-23(7-9-25)20-39-17-15-38(16-18-39)14-4-2-3-5-29(40)37-41/h6-13,19,21-22,41H,2-5,14-18,20H2,1H3,(H,37,40)(H2,33,34,35,36)/t22-/m1/s1. The quantitative estimate of drug-likeness (QED) is 0.108. The van der Waals surface area contributed by atoms with E-state index in [0.29, 0.717) is 6.42 Å². The average Bonchev–Trinajstić information content (AvgIpc) is 3.44. The summed E-state index contributed by atoms with van der Waals surface area (Å²) in [5.41, 5.74) is 6.79. The molecule has 216 valence electrons. The van der Waals surface area contributed by atoms with Crippen LogP contribution in [0.1, 0.15) is 49.8 Å². The van der Waals surface area contributed by atoms with Gasteiger partial charge in [-0.25, -0.2) is 19.8 Å². The molecule has 1 amide bonds. The Morgan fingerprint density at radius 1 is 1.00 bits per heavy atom. The van der Waals surface area contributed by atoms with E-state index in [0.717, 1.165) is 92.2 Å². The van der Waals surface area contributed by atoms with Crippen molar-refractivity contribution < 1.29 is 14.4 Å². The Bertz CT molecular complexity index is 1420. The number of fused-ring (bicyclic) bond motifs is 1. The molecule has 4 N–H and O–H groups in total. The van der Waals surface area contributed by atoms with E-state index >= 15 is 0 Å². The Morgan fingerprint density at radius 3 is 2.46 bits per heavy atom. The van der Waals surface area contributed by atoms with Crippen LogP contribution in [0.3, 0.4) is 0 Å². The van der Waals surface area contributed by atoms with Crippen molar-refractivity contribution in [2.75, 3.05) is 38.0 Å². The molecule has 1 atom stereocenters. The highest BCUT2D eigenvalue weighted by Gasteiger charge is 2.17. The minimum absolute atomic E-state index is 0.0414. The predicted molar refractivity (Wildman–Crippen MR) is 158 cm³/mol. The van der Waals surface area contributed by atoms with Gasteiger partial charge in [0, 0.05) is 50.9 Å². The van der Waals surface area contributed by atoms with Gasteiger partial charge in [0.2, 0.25) is 5.91 Å². The van der Waals surface area contributed by atoms with E-state index in [1.807, 2.05) is 6.92 Å². The van der Waals surface area contributed by atoms with Gasteiger partial charge in [-0.05, 0) is 61.2 Å². The number of carbonyl (C=O) groups excluding carboxylic acids is 1. The molecule has 0 saturated carbocycles. The fraction of sp³-hybridized carbons (Fsp3) is 0.387. The molecule has 0 radical (unpaired) electrons. The minimum Gasteiger partial charge on any atom is -0.363 e. The zero-order chi connectivity index (χ0) is 28.6. The smallest absolute Gasteiger partial charge is 0.243 e. The number of nitrogens with one attached hydrogen (secondary N) is 3. The lowest BCUT2D eigenvalue weighted by Crippen LogP contribution is -2.46. The second kappa shape index (κ2) is 13.7. The van der Waals surface area contributed by atoms with Gasteiger partial charge in [-0.3, -0.25) is 14.9 Å². The maximum Gasteiger partial charge on any atom is 0.243 e. The molecule has 0 unspecified atom stereocenters. The van der Waals surface area contributed by atoms with Gasteiger partial charge in [-0.1, -0.05) is 42.8 Å². The number of hydrogen-bond acceptors (Lipinski definition) is 7. The van der Waals surface area contributed by atoms with E-state index in [9.17, 15) is 9.18 Å². The lowest BCUT2D eigenvalue weighted by atomic mass is 10.1. The number of aromatic amines is 1. The number of hydrogen-bond donors (Lipinski definition) is 4. The van der Waals surface area contributed by atoms with Crippen LogP contribution in [0.15, 0.2) is 60.9 Å². The molecule has 1 fully saturated rings. The third kappa shape index (κ3) is 7.66. The number of carbonyl (C=O) groups is 1. The van der Waals surface area contributed by atoms with Gasteiger partial charge in [0.1, 0.15) is 23.6 Å². The zero-order valence-electron chi connectivity index (χ0n) is 23.4. The SMILES string of the molecule is C[C@@H](Nc1ncnc2[nH]c(-c3ccc(CN4CCN(CCCCCC(=O)NO)CC4)cc3)cc12)c1ccc(F)cc1. The number of hydroxylamine groups is 1. The molecule has 0 aliphatic carbocycles. The molecule has 3 heterocycles. The Kier molecular flexibility index (Phi) is 9.55. The van der Waals surface area contributed by atoms with Gasteiger partial charge in [0.25, 0.3) is 0 Å². The van der Waals surface area contributed by atoms with Crippen molar-refractivity contribution in [3.63, 3.8) is 0 Å². The first-order valence-corrected chi connectivity index (χ1v) is 14.3. The number of benzene rings is 2. The summed E-state index contributed by atoms with van der Waals surface area (Å²) in [6.45, 7) is 8.21. The number of anilines is 1. The van der Waals surface area contributed by atoms with Gasteiger partial charge in [0.15, 0.2) is 0 Å². The number of aromatic nitrogens is 3. The van der Waals surface area contributed by atoms with Gasteiger partial charge >= 0.3 is 0 Å². The third-order valence-electron chi connectivity index (χ3n) is 7.79. The Labute approximate surface area is 239 Å². The summed E-state index contributed by atoms with van der Waals surface area (Å²) in [5, 5.41) is 12.9. The van der Waals surface area contributed by atoms with Crippen LogP contribution in [0.4, 0.5) is 10.2 Å². The lowest BCUT2D eigenvalue weighted by Gasteiger charge is -2.34. The summed E-state index contributed by atoms with van der Waals surface area (Å²) in [6, 6.07) is 17.2. The van der Waals surface area contributed by atoms with Crippen LogP contribution in [-0.2, 0) is 11.3 Å².